The van der Waals surface area contributed by atoms with E-state index >= 15 is 0 Å². The van der Waals surface area contributed by atoms with Gasteiger partial charge in [-0.3, -0.25) is 0 Å². The summed E-state index contributed by atoms with van der Waals surface area (Å²) in [6.07, 6.45) is 8.02. The summed E-state index contributed by atoms with van der Waals surface area (Å²) in [5.74, 6) is 1.21. The lowest BCUT2D eigenvalue weighted by Gasteiger charge is -2.37. The Morgan fingerprint density at radius 1 is 1.03 bits per heavy atom. The molecule has 0 unspecified atom stereocenters. The van der Waals surface area contributed by atoms with Crippen LogP contribution in [0.25, 0.3) is 0 Å². The number of aromatic nitrogens is 4. The molecule has 1 aliphatic rings. The zero-order chi connectivity index (χ0) is 20.1. The molecule has 2 aromatic heterocycles. The molecule has 8 nitrogen and oxygen atoms in total. The SMILES string of the molecule is Nc1c(NCCCn2ccnc2)ncnc1N1CCN(c2ccc(F)cc2)CC1. The van der Waals surface area contributed by atoms with Gasteiger partial charge in [0, 0.05) is 57.3 Å². The smallest absolute Gasteiger partial charge is 0.157 e. The van der Waals surface area contributed by atoms with Crippen LogP contribution in [0.2, 0.25) is 0 Å². The lowest BCUT2D eigenvalue weighted by atomic mass is 10.2. The first-order chi connectivity index (χ1) is 14.2. The normalized spacial score (nSPS) is 14.2. The fourth-order valence-corrected chi connectivity index (χ4v) is 3.49. The molecule has 0 saturated carbocycles. The van der Waals surface area contributed by atoms with Crippen LogP contribution in [0.15, 0.2) is 49.3 Å². The van der Waals surface area contributed by atoms with Crippen molar-refractivity contribution in [3.63, 3.8) is 0 Å². The van der Waals surface area contributed by atoms with Gasteiger partial charge in [-0.1, -0.05) is 0 Å². The van der Waals surface area contributed by atoms with Crippen molar-refractivity contribution < 1.29 is 4.39 Å². The number of hydrogen-bond acceptors (Lipinski definition) is 7. The maximum atomic E-state index is 13.1. The standard InChI is InChI=1S/C20H25FN8/c21-16-2-4-17(5-3-16)28-10-12-29(13-11-28)20-18(22)19(25-14-26-20)24-6-1-8-27-9-7-23-15-27/h2-5,7,9,14-15H,1,6,8,10-13,22H2,(H,24,25,26). The molecular formula is C20H25FN8. The number of aryl methyl sites for hydroxylation is 1. The summed E-state index contributed by atoms with van der Waals surface area (Å²) in [6.45, 7) is 4.87. The van der Waals surface area contributed by atoms with E-state index in [-0.39, 0.29) is 5.82 Å². The molecule has 1 aromatic carbocycles. The van der Waals surface area contributed by atoms with Crippen LogP contribution >= 0.6 is 0 Å². The number of rotatable bonds is 7. The summed E-state index contributed by atoms with van der Waals surface area (Å²) in [4.78, 5) is 17.2. The van der Waals surface area contributed by atoms with Crippen molar-refractivity contribution in [2.75, 3.05) is 53.6 Å². The predicted octanol–water partition coefficient (Wildman–Crippen LogP) is 2.22. The van der Waals surface area contributed by atoms with E-state index < -0.39 is 0 Å². The molecule has 0 amide bonds. The third kappa shape index (κ3) is 4.56. The second-order valence-corrected chi connectivity index (χ2v) is 6.99. The summed E-state index contributed by atoms with van der Waals surface area (Å²) in [5, 5.41) is 3.31. The molecular weight excluding hydrogens is 371 g/mol. The van der Waals surface area contributed by atoms with Crippen molar-refractivity contribution in [3.05, 3.63) is 55.1 Å². The highest BCUT2D eigenvalue weighted by atomic mass is 19.1. The number of benzene rings is 1. The number of anilines is 4. The predicted molar refractivity (Wildman–Crippen MR) is 113 cm³/mol. The molecule has 0 spiro atoms. The number of nitrogens with zero attached hydrogens (tertiary/aromatic N) is 6. The summed E-state index contributed by atoms with van der Waals surface area (Å²) >= 11 is 0. The highest BCUT2D eigenvalue weighted by Crippen LogP contribution is 2.27. The Kier molecular flexibility index (Phi) is 5.73. The molecule has 0 bridgehead atoms. The van der Waals surface area contributed by atoms with Crippen molar-refractivity contribution in [3.8, 4) is 0 Å². The molecule has 3 aromatic rings. The molecule has 1 aliphatic heterocycles. The topological polar surface area (TPSA) is 88.1 Å². The van der Waals surface area contributed by atoms with Gasteiger partial charge < -0.3 is 25.4 Å². The number of nitrogen functional groups attached to an aromatic ring is 1. The summed E-state index contributed by atoms with van der Waals surface area (Å²) in [5.41, 5.74) is 7.96. The minimum Gasteiger partial charge on any atom is -0.393 e. The van der Waals surface area contributed by atoms with E-state index in [1.54, 1.807) is 12.5 Å². The largest absolute Gasteiger partial charge is 0.393 e. The first-order valence-corrected chi connectivity index (χ1v) is 9.76. The number of halogens is 1. The number of nitrogens with two attached hydrogens (primary N) is 1. The quantitative estimate of drug-likeness (QED) is 0.592. The van der Waals surface area contributed by atoms with E-state index in [2.05, 4.69) is 30.1 Å². The maximum absolute atomic E-state index is 13.1. The van der Waals surface area contributed by atoms with E-state index in [1.165, 1.54) is 12.1 Å². The number of hydrogen-bond donors (Lipinski definition) is 2. The van der Waals surface area contributed by atoms with Crippen LogP contribution in [0.5, 0.6) is 0 Å². The fraction of sp³-hybridized carbons (Fsp3) is 0.350. The van der Waals surface area contributed by atoms with Gasteiger partial charge in [0.05, 0.1) is 6.33 Å². The van der Waals surface area contributed by atoms with Crippen LogP contribution < -0.4 is 20.9 Å². The molecule has 3 N–H and O–H groups in total. The molecule has 1 fully saturated rings. The lowest BCUT2D eigenvalue weighted by molar-refractivity contribution is 0.624. The fourth-order valence-electron chi connectivity index (χ4n) is 3.49. The third-order valence-corrected chi connectivity index (χ3v) is 5.08. The molecule has 0 radical (unpaired) electrons. The molecule has 4 rings (SSSR count). The van der Waals surface area contributed by atoms with Crippen LogP contribution in [-0.4, -0.2) is 52.2 Å². The van der Waals surface area contributed by atoms with Gasteiger partial charge in [0.2, 0.25) is 0 Å². The Hall–Kier alpha value is -3.36. The van der Waals surface area contributed by atoms with E-state index in [4.69, 9.17) is 5.73 Å². The summed E-state index contributed by atoms with van der Waals surface area (Å²) in [6, 6.07) is 6.62. The van der Waals surface area contributed by atoms with Gasteiger partial charge in [0.15, 0.2) is 11.6 Å². The Balaban J connectivity index is 1.33. The molecule has 1 saturated heterocycles. The zero-order valence-electron chi connectivity index (χ0n) is 16.2. The van der Waals surface area contributed by atoms with Gasteiger partial charge in [-0.2, -0.15) is 0 Å². The van der Waals surface area contributed by atoms with Gasteiger partial charge in [-0.15, -0.1) is 0 Å². The van der Waals surface area contributed by atoms with Gasteiger partial charge in [0.1, 0.15) is 17.8 Å². The van der Waals surface area contributed by atoms with E-state index in [1.807, 2.05) is 29.2 Å². The first-order valence-electron chi connectivity index (χ1n) is 9.76. The van der Waals surface area contributed by atoms with Gasteiger partial charge in [0.25, 0.3) is 0 Å². The second-order valence-electron chi connectivity index (χ2n) is 6.99. The Bertz CT molecular complexity index is 905. The maximum Gasteiger partial charge on any atom is 0.157 e. The van der Waals surface area contributed by atoms with E-state index in [0.29, 0.717) is 11.5 Å². The number of piperazine rings is 1. The van der Waals surface area contributed by atoms with Crippen molar-refractivity contribution in [1.29, 1.82) is 0 Å². The van der Waals surface area contributed by atoms with Gasteiger partial charge in [-0.05, 0) is 30.7 Å². The Labute approximate surface area is 169 Å². The van der Waals surface area contributed by atoms with E-state index in [0.717, 1.165) is 57.2 Å². The van der Waals surface area contributed by atoms with Crippen molar-refractivity contribution in [1.82, 2.24) is 19.5 Å². The van der Waals surface area contributed by atoms with Crippen LogP contribution in [0.4, 0.5) is 27.4 Å². The minimum absolute atomic E-state index is 0.216. The highest BCUT2D eigenvalue weighted by molar-refractivity contribution is 5.75. The molecule has 9 heteroatoms. The summed E-state index contributed by atoms with van der Waals surface area (Å²) in [7, 11) is 0. The third-order valence-electron chi connectivity index (χ3n) is 5.08. The van der Waals surface area contributed by atoms with Gasteiger partial charge >= 0.3 is 0 Å². The molecule has 3 heterocycles. The van der Waals surface area contributed by atoms with Crippen LogP contribution in [0.3, 0.4) is 0 Å². The van der Waals surface area contributed by atoms with Gasteiger partial charge in [-0.25, -0.2) is 19.3 Å². The van der Waals surface area contributed by atoms with Crippen molar-refractivity contribution in [2.45, 2.75) is 13.0 Å². The molecule has 152 valence electrons. The lowest BCUT2D eigenvalue weighted by Crippen LogP contribution is -2.47. The Morgan fingerprint density at radius 2 is 1.79 bits per heavy atom. The molecule has 0 aliphatic carbocycles. The minimum atomic E-state index is -0.216. The van der Waals surface area contributed by atoms with E-state index in [9.17, 15) is 4.39 Å². The first kappa shape index (κ1) is 19.0. The molecule has 29 heavy (non-hydrogen) atoms. The highest BCUT2D eigenvalue weighted by Gasteiger charge is 2.21. The number of nitrogens with one attached hydrogen (secondary N) is 1. The average molecular weight is 396 g/mol. The molecule has 0 atom stereocenters. The van der Waals surface area contributed by atoms with Crippen LogP contribution in [-0.2, 0) is 6.54 Å². The Morgan fingerprint density at radius 3 is 2.52 bits per heavy atom. The van der Waals surface area contributed by atoms with Crippen LogP contribution in [0, 0.1) is 5.82 Å². The second kappa shape index (κ2) is 8.76. The monoisotopic (exact) mass is 396 g/mol. The van der Waals surface area contributed by atoms with Crippen molar-refractivity contribution >= 4 is 23.0 Å². The number of imidazole rings is 1. The zero-order valence-corrected chi connectivity index (χ0v) is 16.2. The average Bonchev–Trinajstić information content (AvgIpc) is 3.27. The summed E-state index contributed by atoms with van der Waals surface area (Å²) < 4.78 is 15.2. The van der Waals surface area contributed by atoms with Crippen LogP contribution in [0.1, 0.15) is 6.42 Å². The van der Waals surface area contributed by atoms with Crippen molar-refractivity contribution in [2.24, 2.45) is 0 Å².